The van der Waals surface area contributed by atoms with Crippen molar-refractivity contribution in [1.29, 1.82) is 0 Å². The maximum atomic E-state index is 12.9. The number of nitrogens with zero attached hydrogens (tertiary/aromatic N) is 4. The van der Waals surface area contributed by atoms with Crippen molar-refractivity contribution in [2.75, 3.05) is 29.9 Å². The molecule has 0 N–H and O–H groups in total. The molecule has 0 fully saturated rings. The molecular weight excluding hydrogens is 288 g/mol. The molecule has 0 spiro atoms. The zero-order valence-electron chi connectivity index (χ0n) is 14.1. The van der Waals surface area contributed by atoms with Crippen LogP contribution in [-0.4, -0.2) is 35.6 Å². The van der Waals surface area contributed by atoms with Gasteiger partial charge in [0.05, 0.1) is 17.7 Å². The van der Waals surface area contributed by atoms with Crippen molar-refractivity contribution in [1.82, 2.24) is 9.55 Å². The summed E-state index contributed by atoms with van der Waals surface area (Å²) in [5.41, 5.74) is 3.24. The van der Waals surface area contributed by atoms with Crippen molar-refractivity contribution in [3.63, 3.8) is 0 Å². The van der Waals surface area contributed by atoms with Gasteiger partial charge in [-0.25, -0.2) is 4.98 Å². The molecule has 1 aromatic heterocycles. The number of carbonyl (C=O) groups is 1. The lowest BCUT2D eigenvalue weighted by atomic mass is 10.1. The van der Waals surface area contributed by atoms with Gasteiger partial charge in [-0.15, -0.1) is 0 Å². The van der Waals surface area contributed by atoms with Gasteiger partial charge >= 0.3 is 0 Å². The highest BCUT2D eigenvalue weighted by Gasteiger charge is 2.26. The van der Waals surface area contributed by atoms with Crippen LogP contribution in [0.15, 0.2) is 36.8 Å². The van der Waals surface area contributed by atoms with Gasteiger partial charge in [0, 0.05) is 45.5 Å². The second kappa shape index (κ2) is 6.44. The highest BCUT2D eigenvalue weighted by molar-refractivity contribution is 5.97. The summed E-state index contributed by atoms with van der Waals surface area (Å²) in [6, 6.07) is 8.17. The second-order valence-corrected chi connectivity index (χ2v) is 6.47. The average Bonchev–Trinajstić information content (AvgIpc) is 2.89. The largest absolute Gasteiger partial charge is 0.373 e. The maximum absolute atomic E-state index is 12.9. The normalized spacial score (nSPS) is 17.8. The van der Waals surface area contributed by atoms with E-state index in [9.17, 15) is 4.79 Å². The molecule has 0 saturated heterocycles. The summed E-state index contributed by atoms with van der Waals surface area (Å²) in [5, 5.41) is 0. The Balaban J connectivity index is 1.81. The quantitative estimate of drug-likeness (QED) is 0.874. The summed E-state index contributed by atoms with van der Waals surface area (Å²) in [4.78, 5) is 21.2. The average molecular weight is 312 g/mol. The molecule has 2 aromatic rings. The monoisotopic (exact) mass is 312 g/mol. The van der Waals surface area contributed by atoms with E-state index in [1.165, 1.54) is 0 Å². The number of fused-ring (bicyclic) bond motifs is 1. The molecule has 1 aromatic carbocycles. The molecule has 122 valence electrons. The fourth-order valence-electron chi connectivity index (χ4n) is 3.28. The number of hydrogen-bond acceptors (Lipinski definition) is 3. The van der Waals surface area contributed by atoms with Crippen LogP contribution in [-0.2, 0) is 18.3 Å². The van der Waals surface area contributed by atoms with E-state index in [0.29, 0.717) is 12.3 Å². The minimum atomic E-state index is 0.181. The van der Waals surface area contributed by atoms with E-state index < -0.39 is 0 Å². The van der Waals surface area contributed by atoms with Crippen molar-refractivity contribution in [3.05, 3.63) is 42.5 Å². The summed E-state index contributed by atoms with van der Waals surface area (Å²) in [5.74, 6) is 0.619. The minimum absolute atomic E-state index is 0.181. The number of carbonyl (C=O) groups excluding carboxylic acids is 1. The summed E-state index contributed by atoms with van der Waals surface area (Å²) in [7, 11) is 4.06. The number of hydrogen-bond donors (Lipinski definition) is 0. The first kappa shape index (κ1) is 15.6. The Morgan fingerprint density at radius 3 is 2.65 bits per heavy atom. The van der Waals surface area contributed by atoms with Crippen LogP contribution in [0.25, 0.3) is 0 Å². The molecule has 1 aliphatic heterocycles. The molecule has 1 amide bonds. The minimum Gasteiger partial charge on any atom is -0.373 e. The van der Waals surface area contributed by atoms with Crippen molar-refractivity contribution in [2.24, 2.45) is 13.0 Å². The third-order valence-electron chi connectivity index (χ3n) is 4.48. The lowest BCUT2D eigenvalue weighted by molar-refractivity contribution is -0.118. The highest BCUT2D eigenvalue weighted by Crippen LogP contribution is 2.33. The SMILES string of the molecule is CC1CN(C)c2ccccc2N(C(=O)CCc2cncn2C)C1. The second-order valence-electron chi connectivity index (χ2n) is 6.47. The third-order valence-corrected chi connectivity index (χ3v) is 4.48. The van der Waals surface area contributed by atoms with E-state index in [1.54, 1.807) is 6.33 Å². The number of anilines is 2. The van der Waals surface area contributed by atoms with Crippen molar-refractivity contribution in [2.45, 2.75) is 19.8 Å². The van der Waals surface area contributed by atoms with Crippen molar-refractivity contribution >= 4 is 17.3 Å². The molecule has 2 heterocycles. The summed E-state index contributed by atoms with van der Waals surface area (Å²) >= 11 is 0. The maximum Gasteiger partial charge on any atom is 0.227 e. The first-order valence-corrected chi connectivity index (χ1v) is 8.12. The zero-order chi connectivity index (χ0) is 16.4. The molecule has 23 heavy (non-hydrogen) atoms. The number of aromatic nitrogens is 2. The molecule has 0 aliphatic carbocycles. The fraction of sp³-hybridized carbons (Fsp3) is 0.444. The number of rotatable bonds is 3. The molecule has 3 rings (SSSR count). The van der Waals surface area contributed by atoms with E-state index in [0.717, 1.165) is 36.6 Å². The first-order chi connectivity index (χ1) is 11.1. The van der Waals surface area contributed by atoms with Crippen molar-refractivity contribution < 1.29 is 4.79 Å². The van der Waals surface area contributed by atoms with Gasteiger partial charge in [0.15, 0.2) is 0 Å². The van der Waals surface area contributed by atoms with Crippen LogP contribution < -0.4 is 9.80 Å². The van der Waals surface area contributed by atoms with Gasteiger partial charge in [0.25, 0.3) is 0 Å². The van der Waals surface area contributed by atoms with Gasteiger partial charge < -0.3 is 14.4 Å². The Morgan fingerprint density at radius 2 is 1.96 bits per heavy atom. The Kier molecular flexibility index (Phi) is 4.37. The first-order valence-electron chi connectivity index (χ1n) is 8.12. The van der Waals surface area contributed by atoms with E-state index in [2.05, 4.69) is 29.9 Å². The molecule has 0 saturated carbocycles. The standard InChI is InChI=1S/C18H24N4O/c1-14-11-20(2)16-6-4-5-7-17(16)22(12-14)18(23)9-8-15-10-19-13-21(15)3/h4-7,10,13-14H,8-9,11-12H2,1-3H3. The topological polar surface area (TPSA) is 41.4 Å². The third kappa shape index (κ3) is 3.23. The Morgan fingerprint density at radius 1 is 1.22 bits per heavy atom. The molecule has 5 nitrogen and oxygen atoms in total. The van der Waals surface area contributed by atoms with Crippen LogP contribution in [0.1, 0.15) is 19.0 Å². The van der Waals surface area contributed by atoms with E-state index in [-0.39, 0.29) is 5.91 Å². The predicted molar refractivity (Wildman–Crippen MR) is 92.8 cm³/mol. The Bertz CT molecular complexity index is 694. The Labute approximate surface area is 137 Å². The zero-order valence-corrected chi connectivity index (χ0v) is 14.1. The summed E-state index contributed by atoms with van der Waals surface area (Å²) < 4.78 is 1.97. The van der Waals surface area contributed by atoms with E-state index in [4.69, 9.17) is 0 Å². The van der Waals surface area contributed by atoms with E-state index >= 15 is 0 Å². The van der Waals surface area contributed by atoms with Gasteiger partial charge in [-0.2, -0.15) is 0 Å². The van der Waals surface area contributed by atoms with Crippen LogP contribution in [0, 0.1) is 5.92 Å². The molecule has 1 atom stereocenters. The van der Waals surface area contributed by atoms with E-state index in [1.807, 2.05) is 40.9 Å². The number of amides is 1. The number of para-hydroxylation sites is 2. The molecule has 0 bridgehead atoms. The van der Waals surface area contributed by atoms with Crippen molar-refractivity contribution in [3.8, 4) is 0 Å². The van der Waals surface area contributed by atoms with Gasteiger partial charge in [0.2, 0.25) is 5.91 Å². The number of benzene rings is 1. The lowest BCUT2D eigenvalue weighted by Gasteiger charge is -2.24. The molecule has 5 heteroatoms. The summed E-state index contributed by atoms with van der Waals surface area (Å²) in [6.07, 6.45) is 4.83. The van der Waals surface area contributed by atoms with Crippen LogP contribution in [0.5, 0.6) is 0 Å². The van der Waals surface area contributed by atoms with Crippen LogP contribution in [0.2, 0.25) is 0 Å². The molecule has 1 aliphatic rings. The predicted octanol–water partition coefficient (Wildman–Crippen LogP) is 2.47. The smallest absolute Gasteiger partial charge is 0.227 e. The highest BCUT2D eigenvalue weighted by atomic mass is 16.2. The molecular formula is C18H24N4O. The van der Waals surface area contributed by atoms with Crippen LogP contribution >= 0.6 is 0 Å². The van der Waals surface area contributed by atoms with Gasteiger partial charge in [-0.1, -0.05) is 19.1 Å². The van der Waals surface area contributed by atoms with Gasteiger partial charge in [-0.05, 0) is 24.5 Å². The van der Waals surface area contributed by atoms with Gasteiger partial charge in [0.1, 0.15) is 0 Å². The lowest BCUT2D eigenvalue weighted by Crippen LogP contribution is -2.35. The Hall–Kier alpha value is -2.30. The fourth-order valence-corrected chi connectivity index (χ4v) is 3.28. The summed E-state index contributed by atoms with van der Waals surface area (Å²) in [6.45, 7) is 3.93. The molecule has 1 unspecified atom stereocenters. The van der Waals surface area contributed by atoms with Gasteiger partial charge in [-0.3, -0.25) is 4.79 Å². The number of imidazole rings is 1. The number of aryl methyl sites for hydroxylation is 2. The van der Waals surface area contributed by atoms with Crippen LogP contribution in [0.3, 0.4) is 0 Å². The molecule has 0 radical (unpaired) electrons. The van der Waals surface area contributed by atoms with Crippen LogP contribution in [0.4, 0.5) is 11.4 Å².